The molecule has 0 fully saturated rings. The van der Waals surface area contributed by atoms with Crippen molar-refractivity contribution in [3.63, 3.8) is 0 Å². The van der Waals surface area contributed by atoms with Crippen LogP contribution in [0.3, 0.4) is 0 Å². The SMILES string of the molecule is CC(O)(c1ccnc(-c2cccc3cc(C(NS(=O)(=O)c4ccc5c(c4)OCCCO5)c4ccccc4)sc23)c1)C(F)(F)F. The lowest BCUT2D eigenvalue weighted by atomic mass is 9.94. The lowest BCUT2D eigenvalue weighted by molar-refractivity contribution is -0.258. The molecule has 0 spiro atoms. The largest absolute Gasteiger partial charge is 0.490 e. The van der Waals surface area contributed by atoms with E-state index in [4.69, 9.17) is 9.47 Å². The summed E-state index contributed by atoms with van der Waals surface area (Å²) in [4.78, 5) is 4.98. The van der Waals surface area contributed by atoms with Gasteiger partial charge in [0.15, 0.2) is 17.1 Å². The third-order valence-corrected chi connectivity index (χ3v) is 10.1. The Bertz CT molecular complexity index is 1930. The lowest BCUT2D eigenvalue weighted by Crippen LogP contribution is -2.39. The number of sulfonamides is 1. The van der Waals surface area contributed by atoms with Crippen LogP contribution < -0.4 is 14.2 Å². The maximum Gasteiger partial charge on any atom is 0.421 e. The van der Waals surface area contributed by atoms with Gasteiger partial charge in [-0.25, -0.2) is 8.42 Å². The van der Waals surface area contributed by atoms with E-state index in [1.54, 1.807) is 18.2 Å². The van der Waals surface area contributed by atoms with Crippen molar-refractivity contribution in [1.29, 1.82) is 0 Å². The normalized spacial score (nSPS) is 15.8. The molecule has 2 aromatic heterocycles. The van der Waals surface area contributed by atoms with E-state index in [2.05, 4.69) is 9.71 Å². The molecule has 0 bridgehead atoms. The predicted molar refractivity (Wildman–Crippen MR) is 161 cm³/mol. The fourth-order valence-corrected chi connectivity index (χ4v) is 7.50. The van der Waals surface area contributed by atoms with Crippen molar-refractivity contribution in [2.75, 3.05) is 13.2 Å². The fourth-order valence-electron chi connectivity index (χ4n) is 4.94. The van der Waals surface area contributed by atoms with Crippen LogP contribution in [0, 0.1) is 0 Å². The Kier molecular flexibility index (Phi) is 7.87. The maximum atomic E-state index is 13.7. The van der Waals surface area contributed by atoms with Crippen molar-refractivity contribution in [1.82, 2.24) is 9.71 Å². The van der Waals surface area contributed by atoms with E-state index < -0.39 is 27.8 Å². The minimum Gasteiger partial charge on any atom is -0.490 e. The van der Waals surface area contributed by atoms with Crippen molar-refractivity contribution in [2.45, 2.75) is 36.1 Å². The number of thiophene rings is 1. The van der Waals surface area contributed by atoms with Crippen LogP contribution in [0.25, 0.3) is 21.3 Å². The van der Waals surface area contributed by atoms with Crippen molar-refractivity contribution in [2.24, 2.45) is 0 Å². The first-order valence-electron chi connectivity index (χ1n) is 13.7. The van der Waals surface area contributed by atoms with Crippen LogP contribution in [0.15, 0.2) is 96.0 Å². The van der Waals surface area contributed by atoms with Gasteiger partial charge in [-0.3, -0.25) is 4.98 Å². The van der Waals surface area contributed by atoms with Gasteiger partial charge in [0.25, 0.3) is 0 Å². The van der Waals surface area contributed by atoms with E-state index in [1.807, 2.05) is 42.5 Å². The van der Waals surface area contributed by atoms with Crippen LogP contribution in [-0.2, 0) is 15.6 Å². The Morgan fingerprint density at radius 2 is 1.68 bits per heavy atom. The van der Waals surface area contributed by atoms with Crippen LogP contribution in [0.2, 0.25) is 0 Å². The molecule has 228 valence electrons. The Balaban J connectivity index is 1.41. The Morgan fingerprint density at radius 3 is 2.43 bits per heavy atom. The van der Waals surface area contributed by atoms with E-state index in [9.17, 15) is 26.7 Å². The van der Waals surface area contributed by atoms with Crippen molar-refractivity contribution in [3.8, 4) is 22.8 Å². The van der Waals surface area contributed by atoms with Crippen molar-refractivity contribution < 1.29 is 36.2 Å². The summed E-state index contributed by atoms with van der Waals surface area (Å²) in [5, 5.41) is 11.0. The molecule has 5 aromatic rings. The molecule has 0 saturated carbocycles. The molecule has 12 heteroatoms. The number of pyridine rings is 1. The highest BCUT2D eigenvalue weighted by Crippen LogP contribution is 2.42. The van der Waals surface area contributed by atoms with Gasteiger partial charge in [0.1, 0.15) is 0 Å². The third-order valence-electron chi connectivity index (χ3n) is 7.43. The maximum absolute atomic E-state index is 13.7. The summed E-state index contributed by atoms with van der Waals surface area (Å²) < 4.78 is 83.1. The minimum absolute atomic E-state index is 0.0159. The van der Waals surface area contributed by atoms with Crippen LogP contribution >= 0.6 is 11.3 Å². The molecule has 2 N–H and O–H groups in total. The second-order valence-electron chi connectivity index (χ2n) is 10.5. The lowest BCUT2D eigenvalue weighted by Gasteiger charge is -2.26. The molecule has 1 aliphatic rings. The molecule has 0 aliphatic carbocycles. The molecule has 6 rings (SSSR count). The summed E-state index contributed by atoms with van der Waals surface area (Å²) >= 11 is 1.31. The van der Waals surface area contributed by atoms with Crippen LogP contribution in [-0.4, -0.2) is 37.9 Å². The second kappa shape index (κ2) is 11.5. The highest BCUT2D eigenvalue weighted by Gasteiger charge is 2.51. The summed E-state index contributed by atoms with van der Waals surface area (Å²) in [6, 6.07) is 22.3. The molecule has 2 atom stereocenters. The Labute approximate surface area is 256 Å². The Hall–Kier alpha value is -3.97. The summed E-state index contributed by atoms with van der Waals surface area (Å²) in [6.45, 7) is 1.59. The fraction of sp³-hybridized carbons (Fsp3) is 0.219. The first-order valence-corrected chi connectivity index (χ1v) is 16.0. The van der Waals surface area contributed by atoms with E-state index in [0.29, 0.717) is 58.8 Å². The number of aliphatic hydroxyl groups is 1. The molecule has 0 radical (unpaired) electrons. The smallest absolute Gasteiger partial charge is 0.421 e. The van der Waals surface area contributed by atoms with Crippen LogP contribution in [0.1, 0.15) is 35.4 Å². The zero-order chi connectivity index (χ0) is 31.1. The highest BCUT2D eigenvalue weighted by atomic mass is 32.2. The Morgan fingerprint density at radius 1 is 0.932 bits per heavy atom. The van der Waals surface area contributed by atoms with Crippen molar-refractivity contribution >= 4 is 31.4 Å². The average molecular weight is 641 g/mol. The molecular weight excluding hydrogens is 613 g/mol. The van der Waals surface area contributed by atoms with Crippen molar-refractivity contribution in [3.05, 3.63) is 107 Å². The van der Waals surface area contributed by atoms with E-state index in [-0.39, 0.29) is 16.2 Å². The number of fused-ring (bicyclic) bond motifs is 2. The van der Waals surface area contributed by atoms with E-state index in [1.165, 1.54) is 35.7 Å². The number of halogens is 3. The molecule has 0 amide bonds. The molecule has 3 aromatic carbocycles. The zero-order valence-corrected chi connectivity index (χ0v) is 25.0. The molecule has 0 saturated heterocycles. The third kappa shape index (κ3) is 5.77. The number of benzene rings is 3. The summed E-state index contributed by atoms with van der Waals surface area (Å²) in [6.07, 6.45) is -2.97. The van der Waals surface area contributed by atoms with Crippen LogP contribution in [0.4, 0.5) is 13.2 Å². The molecule has 7 nitrogen and oxygen atoms in total. The average Bonchev–Trinajstić information content (AvgIpc) is 3.30. The van der Waals surface area contributed by atoms with E-state index in [0.717, 1.165) is 11.5 Å². The summed E-state index contributed by atoms with van der Waals surface area (Å²) in [5.41, 5.74) is -1.91. The van der Waals surface area contributed by atoms with Gasteiger partial charge in [0, 0.05) is 33.8 Å². The topological polar surface area (TPSA) is 97.8 Å². The minimum atomic E-state index is -4.88. The number of rotatable bonds is 7. The predicted octanol–water partition coefficient (Wildman–Crippen LogP) is 6.96. The molecular formula is C32H27F3N2O5S2. The molecule has 44 heavy (non-hydrogen) atoms. The molecule has 3 heterocycles. The van der Waals surface area contributed by atoms with Gasteiger partial charge in [-0.05, 0) is 53.8 Å². The number of hydrogen-bond donors (Lipinski definition) is 2. The summed E-state index contributed by atoms with van der Waals surface area (Å²) in [5.74, 6) is 0.833. The van der Waals surface area contributed by atoms with Gasteiger partial charge in [0.2, 0.25) is 10.0 Å². The van der Waals surface area contributed by atoms with E-state index >= 15 is 0 Å². The molecule has 2 unspecified atom stereocenters. The second-order valence-corrected chi connectivity index (χ2v) is 13.3. The van der Waals surface area contributed by atoms with Gasteiger partial charge >= 0.3 is 6.18 Å². The monoisotopic (exact) mass is 640 g/mol. The van der Waals surface area contributed by atoms with Gasteiger partial charge in [0.05, 0.1) is 29.8 Å². The number of aromatic nitrogens is 1. The number of alkyl halides is 3. The molecule has 1 aliphatic heterocycles. The number of nitrogens with one attached hydrogen (secondary N) is 1. The number of ether oxygens (including phenoxy) is 2. The zero-order valence-electron chi connectivity index (χ0n) is 23.3. The highest BCUT2D eigenvalue weighted by molar-refractivity contribution is 7.89. The first-order chi connectivity index (χ1) is 20.9. The summed E-state index contributed by atoms with van der Waals surface area (Å²) in [7, 11) is -4.06. The number of nitrogens with zero attached hydrogens (tertiary/aromatic N) is 1. The van der Waals surface area contributed by atoms with Gasteiger partial charge in [-0.2, -0.15) is 17.9 Å². The van der Waals surface area contributed by atoms with Gasteiger partial charge in [-0.15, -0.1) is 11.3 Å². The standard InChI is InChI=1S/C32H27F3N2O5S2/c1-31(38,32(33,34)35)22-13-14-36-25(18-22)24-10-5-9-21-17-28(43-30(21)24)29(20-7-3-2-4-8-20)37-44(39,40)23-11-12-26-27(19-23)42-16-6-15-41-26/h2-5,7-14,17-19,29,37-38H,6,15-16H2,1H3. The van der Waals surface area contributed by atoms with Crippen LogP contribution in [0.5, 0.6) is 11.5 Å². The van der Waals surface area contributed by atoms with Gasteiger partial charge in [-0.1, -0.05) is 48.5 Å². The quantitative estimate of drug-likeness (QED) is 0.200. The first kappa shape index (κ1) is 30.1. The van der Waals surface area contributed by atoms with Gasteiger partial charge < -0.3 is 14.6 Å². The number of hydrogen-bond acceptors (Lipinski definition) is 7.